The molecule has 0 saturated heterocycles. The maximum atomic E-state index is 11.6. The molecule has 1 heterocycles. The minimum Gasteiger partial charge on any atom is -0.330 e. The van der Waals surface area contributed by atoms with Crippen LogP contribution >= 0.6 is 23.7 Å². The van der Waals surface area contributed by atoms with Crippen molar-refractivity contribution in [2.24, 2.45) is 5.73 Å². The topological polar surface area (TPSA) is 68.0 Å². The summed E-state index contributed by atoms with van der Waals surface area (Å²) >= 11 is 1.44. The third-order valence-corrected chi connectivity index (χ3v) is 3.46. The molecule has 0 fully saturated rings. The van der Waals surface area contributed by atoms with Gasteiger partial charge < -0.3 is 11.1 Å². The first-order valence-electron chi connectivity index (χ1n) is 6.21. The highest BCUT2D eigenvalue weighted by Gasteiger charge is 2.07. The fraction of sp³-hybridized carbons (Fsp3) is 0.286. The van der Waals surface area contributed by atoms with Crippen molar-refractivity contribution in [3.8, 4) is 11.3 Å². The van der Waals surface area contributed by atoms with E-state index in [0.717, 1.165) is 11.3 Å². The van der Waals surface area contributed by atoms with E-state index in [2.05, 4.69) is 10.3 Å². The van der Waals surface area contributed by atoms with Gasteiger partial charge in [0.2, 0.25) is 5.91 Å². The van der Waals surface area contributed by atoms with Gasteiger partial charge in [-0.25, -0.2) is 4.98 Å². The molecule has 0 saturated carbocycles. The lowest BCUT2D eigenvalue weighted by Crippen LogP contribution is -2.13. The maximum Gasteiger partial charge on any atom is 0.226 e. The lowest BCUT2D eigenvalue weighted by atomic mass is 10.1. The third-order valence-electron chi connectivity index (χ3n) is 2.71. The number of aromatic nitrogens is 1. The number of nitrogens with one attached hydrogen (secondary N) is 1. The smallest absolute Gasteiger partial charge is 0.226 e. The third kappa shape index (κ3) is 4.59. The van der Waals surface area contributed by atoms with Crippen LogP contribution in [0.25, 0.3) is 11.3 Å². The molecule has 1 aromatic heterocycles. The van der Waals surface area contributed by atoms with Crippen LogP contribution < -0.4 is 11.1 Å². The van der Waals surface area contributed by atoms with Crippen molar-refractivity contribution in [2.45, 2.75) is 19.8 Å². The van der Waals surface area contributed by atoms with E-state index in [-0.39, 0.29) is 18.3 Å². The summed E-state index contributed by atoms with van der Waals surface area (Å²) < 4.78 is 0. The summed E-state index contributed by atoms with van der Waals surface area (Å²) in [6.07, 6.45) is 1.14. The van der Waals surface area contributed by atoms with Gasteiger partial charge >= 0.3 is 0 Å². The number of carbonyl (C=O) groups is 1. The van der Waals surface area contributed by atoms with Crippen LogP contribution in [0.4, 0.5) is 5.13 Å². The molecular weight excluding hydrogens is 294 g/mol. The first kappa shape index (κ1) is 16.6. The van der Waals surface area contributed by atoms with Crippen molar-refractivity contribution in [1.82, 2.24) is 4.98 Å². The molecular formula is C14H18ClN3OS. The Bertz CT molecular complexity index is 554. The van der Waals surface area contributed by atoms with Gasteiger partial charge in [-0.15, -0.1) is 23.7 Å². The number of thiazole rings is 1. The van der Waals surface area contributed by atoms with Gasteiger partial charge in [0, 0.05) is 17.4 Å². The second kappa shape index (κ2) is 7.99. The number of hydrogen-bond acceptors (Lipinski definition) is 4. The molecule has 0 bridgehead atoms. The molecule has 0 aliphatic carbocycles. The Morgan fingerprint density at radius 3 is 2.70 bits per heavy atom. The summed E-state index contributed by atoms with van der Waals surface area (Å²) in [7, 11) is 0. The summed E-state index contributed by atoms with van der Waals surface area (Å²) in [4.78, 5) is 16.0. The highest BCUT2D eigenvalue weighted by atomic mass is 35.5. The fourth-order valence-corrected chi connectivity index (χ4v) is 2.37. The number of rotatable bonds is 5. The highest BCUT2D eigenvalue weighted by molar-refractivity contribution is 7.14. The van der Waals surface area contributed by atoms with Crippen LogP contribution in [0.15, 0.2) is 29.6 Å². The summed E-state index contributed by atoms with van der Waals surface area (Å²) in [6, 6.07) is 8.16. The Morgan fingerprint density at radius 2 is 2.05 bits per heavy atom. The van der Waals surface area contributed by atoms with Crippen LogP contribution in [0.5, 0.6) is 0 Å². The van der Waals surface area contributed by atoms with Gasteiger partial charge in [-0.05, 0) is 19.9 Å². The molecule has 3 N–H and O–H groups in total. The zero-order valence-corrected chi connectivity index (χ0v) is 12.9. The predicted molar refractivity (Wildman–Crippen MR) is 86.5 cm³/mol. The number of anilines is 1. The number of carbonyl (C=O) groups excluding carboxylic acids is 1. The van der Waals surface area contributed by atoms with Crippen LogP contribution in [0, 0.1) is 6.92 Å². The molecule has 0 radical (unpaired) electrons. The van der Waals surface area contributed by atoms with E-state index in [0.29, 0.717) is 24.5 Å². The minimum atomic E-state index is -0.0322. The average Bonchev–Trinajstić information content (AvgIpc) is 2.85. The molecule has 0 atom stereocenters. The maximum absolute atomic E-state index is 11.6. The van der Waals surface area contributed by atoms with Gasteiger partial charge in [-0.3, -0.25) is 4.79 Å². The van der Waals surface area contributed by atoms with Crippen molar-refractivity contribution in [3.63, 3.8) is 0 Å². The molecule has 4 nitrogen and oxygen atoms in total. The van der Waals surface area contributed by atoms with E-state index in [4.69, 9.17) is 5.73 Å². The van der Waals surface area contributed by atoms with Crippen LogP contribution in [0.3, 0.4) is 0 Å². The molecule has 0 unspecified atom stereocenters. The van der Waals surface area contributed by atoms with Gasteiger partial charge in [0.25, 0.3) is 0 Å². The molecule has 0 aliphatic rings. The van der Waals surface area contributed by atoms with Crippen molar-refractivity contribution >= 4 is 34.8 Å². The monoisotopic (exact) mass is 311 g/mol. The van der Waals surface area contributed by atoms with Crippen LogP contribution in [0.2, 0.25) is 0 Å². The van der Waals surface area contributed by atoms with Crippen LogP contribution in [0.1, 0.15) is 18.4 Å². The fourth-order valence-electron chi connectivity index (χ4n) is 1.63. The zero-order valence-electron chi connectivity index (χ0n) is 11.3. The largest absolute Gasteiger partial charge is 0.330 e. The summed E-state index contributed by atoms with van der Waals surface area (Å²) in [5.41, 5.74) is 8.53. The lowest BCUT2D eigenvalue weighted by Gasteiger charge is -2.00. The van der Waals surface area contributed by atoms with Crippen LogP contribution in [-0.4, -0.2) is 17.4 Å². The van der Waals surface area contributed by atoms with Crippen molar-refractivity contribution < 1.29 is 4.79 Å². The van der Waals surface area contributed by atoms with Gasteiger partial charge in [-0.1, -0.05) is 29.8 Å². The van der Waals surface area contributed by atoms with Crippen molar-refractivity contribution in [1.29, 1.82) is 0 Å². The summed E-state index contributed by atoms with van der Waals surface area (Å²) in [6.45, 7) is 2.58. The predicted octanol–water partition coefficient (Wildman–Crippen LogP) is 3.22. The average molecular weight is 312 g/mol. The van der Waals surface area contributed by atoms with E-state index >= 15 is 0 Å². The molecule has 0 spiro atoms. The van der Waals surface area contributed by atoms with E-state index in [1.165, 1.54) is 16.9 Å². The van der Waals surface area contributed by atoms with E-state index < -0.39 is 0 Å². The molecule has 20 heavy (non-hydrogen) atoms. The molecule has 1 amide bonds. The van der Waals surface area contributed by atoms with Gasteiger partial charge in [0.05, 0.1) is 5.69 Å². The van der Waals surface area contributed by atoms with Gasteiger partial charge in [0.15, 0.2) is 5.13 Å². The zero-order chi connectivity index (χ0) is 13.7. The Balaban J connectivity index is 0.00000200. The number of nitrogens with zero attached hydrogens (tertiary/aromatic N) is 1. The normalized spacial score (nSPS) is 9.90. The summed E-state index contributed by atoms with van der Waals surface area (Å²) in [5.74, 6) is -0.0322. The minimum absolute atomic E-state index is 0. The van der Waals surface area contributed by atoms with Crippen LogP contribution in [-0.2, 0) is 4.79 Å². The Labute approximate surface area is 128 Å². The molecule has 2 rings (SSSR count). The highest BCUT2D eigenvalue weighted by Crippen LogP contribution is 2.25. The molecule has 108 valence electrons. The second-order valence-corrected chi connectivity index (χ2v) is 5.20. The number of benzene rings is 1. The Hall–Kier alpha value is -1.43. The standard InChI is InChI=1S/C14H17N3OS.ClH/c1-10-4-6-11(7-5-10)12-9-19-14(16-12)17-13(18)3-2-8-15;/h4-7,9H,2-3,8,15H2,1H3,(H,16,17,18);1H. The first-order valence-corrected chi connectivity index (χ1v) is 7.09. The Kier molecular flexibility index (Phi) is 6.64. The number of hydrogen-bond donors (Lipinski definition) is 2. The molecule has 2 aromatic rings. The summed E-state index contributed by atoms with van der Waals surface area (Å²) in [5, 5.41) is 5.38. The second-order valence-electron chi connectivity index (χ2n) is 4.34. The molecule has 0 aliphatic heterocycles. The molecule has 6 heteroatoms. The van der Waals surface area contributed by atoms with Crippen molar-refractivity contribution in [2.75, 3.05) is 11.9 Å². The van der Waals surface area contributed by atoms with E-state index in [1.54, 1.807) is 0 Å². The number of halogens is 1. The SMILES string of the molecule is Cc1ccc(-c2csc(NC(=O)CCCN)n2)cc1.Cl. The number of aryl methyl sites for hydroxylation is 1. The number of nitrogens with two attached hydrogens (primary N) is 1. The number of amides is 1. The molecule has 1 aromatic carbocycles. The van der Waals surface area contributed by atoms with E-state index in [9.17, 15) is 4.79 Å². The van der Waals surface area contributed by atoms with E-state index in [1.807, 2.05) is 36.6 Å². The van der Waals surface area contributed by atoms with Gasteiger partial charge in [-0.2, -0.15) is 0 Å². The lowest BCUT2D eigenvalue weighted by molar-refractivity contribution is -0.116. The van der Waals surface area contributed by atoms with Gasteiger partial charge in [0.1, 0.15) is 0 Å². The quantitative estimate of drug-likeness (QED) is 0.891. The Morgan fingerprint density at radius 1 is 1.35 bits per heavy atom. The first-order chi connectivity index (χ1) is 9.19. The van der Waals surface area contributed by atoms with Crippen molar-refractivity contribution in [3.05, 3.63) is 35.2 Å².